The lowest BCUT2D eigenvalue weighted by Crippen LogP contribution is -2.30. The van der Waals surface area contributed by atoms with E-state index in [2.05, 4.69) is 78.0 Å². The molecular formula is C34H48Cl2N6. The van der Waals surface area contributed by atoms with Crippen molar-refractivity contribution in [3.8, 4) is 11.3 Å². The monoisotopic (exact) mass is 610 g/mol. The Hall–Kier alpha value is -2.77. The predicted octanol–water partition coefficient (Wildman–Crippen LogP) is 8.70. The fourth-order valence-corrected chi connectivity index (χ4v) is 4.91. The minimum absolute atomic E-state index is 0.400. The molecule has 1 aromatic heterocycles. The molecule has 0 amide bonds. The summed E-state index contributed by atoms with van der Waals surface area (Å²) in [7, 11) is 4.04. The Bertz CT molecular complexity index is 1250. The SMILES string of the molecule is C=C/C=C\C=C/C(C)CC.C=N/C(=C\C=N/CNC)c1c(-c2ccc(Cl)c(Cl)c2)nc(C2CCN(C)CC2)n1CCC. The molecule has 0 saturated carbocycles. The number of hydrogen-bond donors (Lipinski definition) is 1. The molecule has 42 heavy (non-hydrogen) atoms. The molecule has 1 aliphatic rings. The lowest BCUT2D eigenvalue weighted by molar-refractivity contribution is 0.248. The predicted molar refractivity (Wildman–Crippen MR) is 185 cm³/mol. The Balaban J connectivity index is 0.000000528. The van der Waals surface area contributed by atoms with Gasteiger partial charge in [-0.15, -0.1) is 0 Å². The van der Waals surface area contributed by atoms with E-state index in [0.717, 1.165) is 67.4 Å². The molecule has 1 aromatic carbocycles. The molecule has 1 aliphatic heterocycles. The minimum Gasteiger partial charge on any atom is -0.326 e. The van der Waals surface area contributed by atoms with E-state index in [-0.39, 0.29) is 0 Å². The molecule has 0 bridgehead atoms. The van der Waals surface area contributed by atoms with Gasteiger partial charge in [0.25, 0.3) is 0 Å². The molecule has 0 spiro atoms. The third-order valence-corrected chi connectivity index (χ3v) is 7.90. The van der Waals surface area contributed by atoms with E-state index < -0.39 is 0 Å². The molecule has 1 atom stereocenters. The van der Waals surface area contributed by atoms with Crippen molar-refractivity contribution in [3.63, 3.8) is 0 Å². The zero-order valence-corrected chi connectivity index (χ0v) is 27.5. The molecular weight excluding hydrogens is 563 g/mol. The van der Waals surface area contributed by atoms with E-state index in [1.165, 1.54) is 6.42 Å². The second kappa shape index (κ2) is 19.4. The Morgan fingerprint density at radius 1 is 1.17 bits per heavy atom. The highest BCUT2D eigenvalue weighted by molar-refractivity contribution is 6.42. The van der Waals surface area contributed by atoms with Crippen molar-refractivity contribution in [2.75, 3.05) is 33.9 Å². The van der Waals surface area contributed by atoms with Gasteiger partial charge >= 0.3 is 0 Å². The first-order valence-corrected chi connectivity index (χ1v) is 15.6. The molecule has 0 radical (unpaired) electrons. The van der Waals surface area contributed by atoms with Crippen molar-refractivity contribution in [1.82, 2.24) is 19.8 Å². The van der Waals surface area contributed by atoms with Crippen LogP contribution in [0.1, 0.15) is 63.9 Å². The van der Waals surface area contributed by atoms with Gasteiger partial charge in [0.05, 0.1) is 33.8 Å². The number of benzene rings is 1. The molecule has 1 unspecified atom stereocenters. The zero-order valence-electron chi connectivity index (χ0n) is 26.0. The number of hydrogen-bond acceptors (Lipinski definition) is 5. The Labute approximate surface area is 263 Å². The first-order valence-electron chi connectivity index (χ1n) is 14.8. The quantitative estimate of drug-likeness (QED) is 0.182. The van der Waals surface area contributed by atoms with Gasteiger partial charge in [0.15, 0.2) is 0 Å². The van der Waals surface area contributed by atoms with Gasteiger partial charge in [0.2, 0.25) is 0 Å². The van der Waals surface area contributed by atoms with Crippen molar-refractivity contribution < 1.29 is 0 Å². The fraction of sp³-hybridized carbons (Fsp3) is 0.441. The smallest absolute Gasteiger partial charge is 0.113 e. The molecule has 3 rings (SSSR count). The highest BCUT2D eigenvalue weighted by atomic mass is 35.5. The van der Waals surface area contributed by atoms with Gasteiger partial charge in [0.1, 0.15) is 5.82 Å². The van der Waals surface area contributed by atoms with Gasteiger partial charge in [-0.2, -0.15) is 0 Å². The van der Waals surface area contributed by atoms with Gasteiger partial charge in [-0.1, -0.05) is 93.4 Å². The normalized spacial score (nSPS) is 15.8. The highest BCUT2D eigenvalue weighted by Gasteiger charge is 2.28. The number of allylic oxidation sites excluding steroid dienone is 6. The summed E-state index contributed by atoms with van der Waals surface area (Å²) >= 11 is 12.6. The summed E-state index contributed by atoms with van der Waals surface area (Å²) in [4.78, 5) is 16.3. The minimum atomic E-state index is 0.400. The first kappa shape index (κ1) is 35.4. The number of piperidine rings is 1. The van der Waals surface area contributed by atoms with E-state index in [0.29, 0.717) is 28.5 Å². The van der Waals surface area contributed by atoms with Crippen molar-refractivity contribution in [3.05, 3.63) is 82.8 Å². The highest BCUT2D eigenvalue weighted by Crippen LogP contribution is 2.37. The molecule has 1 N–H and O–H groups in total. The van der Waals surface area contributed by atoms with Gasteiger partial charge < -0.3 is 14.8 Å². The molecule has 2 heterocycles. The largest absolute Gasteiger partial charge is 0.326 e. The summed E-state index contributed by atoms with van der Waals surface area (Å²) < 4.78 is 2.32. The molecule has 1 fully saturated rings. The van der Waals surface area contributed by atoms with Gasteiger partial charge in [0, 0.05) is 24.2 Å². The number of aliphatic imine (C=N–C) groups is 2. The Kier molecular flexibility index (Phi) is 16.4. The third-order valence-electron chi connectivity index (χ3n) is 7.16. The molecule has 228 valence electrons. The fourth-order valence-electron chi connectivity index (χ4n) is 4.61. The van der Waals surface area contributed by atoms with E-state index in [9.17, 15) is 0 Å². The maximum atomic E-state index is 6.37. The van der Waals surface area contributed by atoms with E-state index in [1.54, 1.807) is 12.3 Å². The maximum Gasteiger partial charge on any atom is 0.113 e. The standard InChI is InChI=1S/C24H32Cl2N6.C10H16/c1-5-12-32-23(21(28-3)8-11-29-16-27-2)22(18-6-7-19(25)20(26)15-18)30-24(32)17-9-13-31(4)14-10-17;1-4-6-7-8-9-10(3)5-2/h6-8,11,15,17,27H,3,5,9-10,12-14,16H2,1-2,4H3;4,6-10H,1,5H2,2-3H3/b21-8-,29-11-;7-6-,9-8-. The Morgan fingerprint density at radius 3 is 2.50 bits per heavy atom. The summed E-state index contributed by atoms with van der Waals surface area (Å²) in [5.74, 6) is 2.20. The average Bonchev–Trinajstić information content (AvgIpc) is 3.36. The molecule has 1 saturated heterocycles. The van der Waals surface area contributed by atoms with Crippen LogP contribution in [-0.2, 0) is 6.54 Å². The summed E-state index contributed by atoms with van der Waals surface area (Å²) in [6, 6.07) is 5.65. The van der Waals surface area contributed by atoms with Crippen LogP contribution in [0.4, 0.5) is 0 Å². The number of likely N-dealkylation sites (tertiary alicyclic amines) is 1. The number of nitrogens with zero attached hydrogens (tertiary/aromatic N) is 5. The second-order valence-electron chi connectivity index (χ2n) is 10.5. The van der Waals surface area contributed by atoms with Crippen LogP contribution in [0.25, 0.3) is 17.0 Å². The lowest BCUT2D eigenvalue weighted by atomic mass is 9.96. The summed E-state index contributed by atoms with van der Waals surface area (Å²) in [5, 5.41) is 4.04. The van der Waals surface area contributed by atoms with Crippen LogP contribution in [-0.4, -0.2) is 61.2 Å². The number of aromatic nitrogens is 2. The third kappa shape index (κ3) is 10.8. The average molecular weight is 612 g/mol. The van der Waals surface area contributed by atoms with Gasteiger partial charge in [-0.05, 0) is 77.3 Å². The number of nitrogens with one attached hydrogen (secondary N) is 1. The van der Waals surface area contributed by atoms with Crippen LogP contribution in [0.5, 0.6) is 0 Å². The van der Waals surface area contributed by atoms with Crippen LogP contribution >= 0.6 is 23.2 Å². The van der Waals surface area contributed by atoms with Crippen LogP contribution in [0, 0.1) is 5.92 Å². The summed E-state index contributed by atoms with van der Waals surface area (Å²) in [6.07, 6.45) is 18.0. The number of rotatable bonds is 13. The maximum absolute atomic E-state index is 6.37. The van der Waals surface area contributed by atoms with Gasteiger partial charge in [-0.25, -0.2) is 4.98 Å². The molecule has 0 aliphatic carbocycles. The van der Waals surface area contributed by atoms with Crippen molar-refractivity contribution in [1.29, 1.82) is 0 Å². The van der Waals surface area contributed by atoms with Crippen molar-refractivity contribution in [2.45, 2.75) is 58.9 Å². The number of halogens is 2. The van der Waals surface area contributed by atoms with E-state index >= 15 is 0 Å². The van der Waals surface area contributed by atoms with Crippen LogP contribution < -0.4 is 5.32 Å². The van der Waals surface area contributed by atoms with Crippen LogP contribution in [0.2, 0.25) is 10.0 Å². The van der Waals surface area contributed by atoms with E-state index in [4.69, 9.17) is 28.2 Å². The second-order valence-corrected chi connectivity index (χ2v) is 11.3. The first-order chi connectivity index (χ1) is 20.3. The molecule has 2 aromatic rings. The summed E-state index contributed by atoms with van der Waals surface area (Å²) in [5.41, 5.74) is 3.46. The molecule has 6 nitrogen and oxygen atoms in total. The molecule has 8 heteroatoms. The van der Waals surface area contributed by atoms with Crippen molar-refractivity contribution in [2.24, 2.45) is 15.9 Å². The van der Waals surface area contributed by atoms with Crippen LogP contribution in [0.15, 0.2) is 71.2 Å². The van der Waals surface area contributed by atoms with E-state index in [1.807, 2.05) is 43.5 Å². The topological polar surface area (TPSA) is 57.8 Å². The number of imidazole rings is 1. The zero-order chi connectivity index (χ0) is 30.9. The van der Waals surface area contributed by atoms with Crippen LogP contribution in [0.3, 0.4) is 0 Å². The lowest BCUT2D eigenvalue weighted by Gasteiger charge is -2.29. The van der Waals surface area contributed by atoms with Crippen molar-refractivity contribution >= 4 is 41.8 Å². The van der Waals surface area contributed by atoms with Gasteiger partial charge in [-0.3, -0.25) is 9.98 Å². The summed E-state index contributed by atoms with van der Waals surface area (Å²) in [6.45, 7) is 17.5. The Morgan fingerprint density at radius 2 is 1.90 bits per heavy atom.